The molecule has 0 radical (unpaired) electrons. The number of hydrogen-bond donors (Lipinski definition) is 1. The zero-order valence-corrected chi connectivity index (χ0v) is 5.05. The largest absolute Gasteiger partial charge is 0.478 e. The van der Waals surface area contributed by atoms with Gasteiger partial charge in [0.2, 0.25) is 0 Å². The van der Waals surface area contributed by atoms with Gasteiger partial charge in [0.15, 0.2) is 0 Å². The Bertz CT molecular complexity index is 204. The number of aliphatic carboxylic acids is 1. The molecule has 0 amide bonds. The molecule has 0 bridgehead atoms. The minimum Gasteiger partial charge on any atom is -0.478 e. The van der Waals surface area contributed by atoms with Gasteiger partial charge in [-0.1, -0.05) is 0 Å². The normalized spacial score (nSPS) is 11.9. The number of carbonyl (C=O) groups is 2. The van der Waals surface area contributed by atoms with Crippen LogP contribution in [0.25, 0.3) is 0 Å². The molecule has 0 heterocycles. The quantitative estimate of drug-likeness (QED) is 0.619. The lowest BCUT2D eigenvalue weighted by Gasteiger charge is -1.97. The molecule has 0 aromatic rings. The highest BCUT2D eigenvalue weighted by molar-refractivity contribution is 5.98. The van der Waals surface area contributed by atoms with E-state index in [1.807, 2.05) is 0 Å². The molecule has 0 aliphatic heterocycles. The fourth-order valence-corrected chi connectivity index (χ4v) is 0.241. The zero-order valence-electron chi connectivity index (χ0n) is 5.05. The maximum atomic E-state index is 11.3. The van der Waals surface area contributed by atoms with Gasteiger partial charge in [-0.15, -0.1) is 0 Å². The second-order valence-electron chi connectivity index (χ2n) is 1.53. The van der Waals surface area contributed by atoms with E-state index in [-0.39, 0.29) is 12.2 Å². The third kappa shape index (κ3) is 4.12. The van der Waals surface area contributed by atoms with Crippen molar-refractivity contribution < 1.29 is 27.9 Å². The summed E-state index contributed by atoms with van der Waals surface area (Å²) in [4.78, 5) is 19.5. The molecule has 6 heteroatoms. The molecule has 1 N–H and O–H groups in total. The van der Waals surface area contributed by atoms with Crippen LogP contribution in [0.3, 0.4) is 0 Å². The zero-order chi connectivity index (χ0) is 9.07. The summed E-state index contributed by atoms with van der Waals surface area (Å²) in [7, 11) is 0. The van der Waals surface area contributed by atoms with Gasteiger partial charge in [-0.3, -0.25) is 4.79 Å². The standard InChI is InChI=1S/C5H3F3O3/c6-5(7,8)3(9)1-2-4(10)11/h1-2H,(H,10,11). The van der Waals surface area contributed by atoms with Crippen molar-refractivity contribution >= 4 is 11.8 Å². The molecule has 0 saturated heterocycles. The molecular formula is C5H3F3O3. The van der Waals surface area contributed by atoms with Gasteiger partial charge in [-0.05, 0) is 6.08 Å². The van der Waals surface area contributed by atoms with Gasteiger partial charge in [0.05, 0.1) is 0 Å². The van der Waals surface area contributed by atoms with E-state index >= 15 is 0 Å². The van der Waals surface area contributed by atoms with Gasteiger partial charge in [0.1, 0.15) is 0 Å². The van der Waals surface area contributed by atoms with E-state index in [9.17, 15) is 22.8 Å². The van der Waals surface area contributed by atoms with E-state index in [1.54, 1.807) is 0 Å². The molecular weight excluding hydrogens is 165 g/mol. The van der Waals surface area contributed by atoms with E-state index in [0.717, 1.165) is 0 Å². The lowest BCUT2D eigenvalue weighted by Crippen LogP contribution is -2.20. The van der Waals surface area contributed by atoms with Gasteiger partial charge >= 0.3 is 12.1 Å². The molecule has 0 saturated carbocycles. The van der Waals surface area contributed by atoms with Gasteiger partial charge in [0, 0.05) is 6.08 Å². The Labute approximate surface area is 59.1 Å². The maximum Gasteiger partial charge on any atom is 0.454 e. The van der Waals surface area contributed by atoms with Gasteiger partial charge < -0.3 is 5.11 Å². The monoisotopic (exact) mass is 168 g/mol. The summed E-state index contributed by atoms with van der Waals surface area (Å²) >= 11 is 0. The number of alkyl halides is 3. The predicted molar refractivity (Wildman–Crippen MR) is 27.8 cm³/mol. The lowest BCUT2D eigenvalue weighted by molar-refractivity contribution is -0.165. The fourth-order valence-electron chi connectivity index (χ4n) is 0.241. The second-order valence-corrected chi connectivity index (χ2v) is 1.53. The van der Waals surface area contributed by atoms with E-state index in [0.29, 0.717) is 0 Å². The number of carboxylic acid groups (broad SMARTS) is 1. The summed E-state index contributed by atoms with van der Waals surface area (Å²) in [5.41, 5.74) is 0. The Balaban J connectivity index is 4.20. The smallest absolute Gasteiger partial charge is 0.454 e. The lowest BCUT2D eigenvalue weighted by atomic mass is 10.3. The van der Waals surface area contributed by atoms with E-state index in [1.165, 1.54) is 0 Å². The number of carbonyl (C=O) groups excluding carboxylic acids is 1. The van der Waals surface area contributed by atoms with Crippen LogP contribution in [-0.4, -0.2) is 23.0 Å². The Morgan fingerprint density at radius 3 is 1.91 bits per heavy atom. The topological polar surface area (TPSA) is 54.4 Å². The summed E-state index contributed by atoms with van der Waals surface area (Å²) in [6, 6.07) is 0. The first-order valence-electron chi connectivity index (χ1n) is 2.36. The number of rotatable bonds is 2. The number of ketones is 1. The van der Waals surface area contributed by atoms with Crippen molar-refractivity contribution in [3.63, 3.8) is 0 Å². The van der Waals surface area contributed by atoms with Crippen molar-refractivity contribution in [1.29, 1.82) is 0 Å². The number of carboxylic acids is 1. The second kappa shape index (κ2) is 3.18. The molecule has 0 spiro atoms. The summed E-state index contributed by atoms with van der Waals surface area (Å²) in [5.74, 6) is -3.78. The number of hydrogen-bond acceptors (Lipinski definition) is 2. The Morgan fingerprint density at radius 2 is 1.64 bits per heavy atom. The van der Waals surface area contributed by atoms with Crippen LogP contribution in [0.2, 0.25) is 0 Å². The number of halogens is 3. The van der Waals surface area contributed by atoms with Crippen LogP contribution >= 0.6 is 0 Å². The molecule has 0 aliphatic rings. The van der Waals surface area contributed by atoms with Gasteiger partial charge in [0.25, 0.3) is 5.78 Å². The average Bonchev–Trinajstić information content (AvgIpc) is 1.80. The summed E-state index contributed by atoms with van der Waals surface area (Å²) in [6.45, 7) is 0. The molecule has 0 aromatic carbocycles. The van der Waals surface area contributed by atoms with Crippen LogP contribution in [0, 0.1) is 0 Å². The molecule has 0 rings (SSSR count). The fraction of sp³-hybridized carbons (Fsp3) is 0.200. The SMILES string of the molecule is O=C(O)C=CC(=O)C(F)(F)F. The third-order valence-corrected chi connectivity index (χ3v) is 0.657. The summed E-state index contributed by atoms with van der Waals surface area (Å²) in [5, 5.41) is 7.82. The third-order valence-electron chi connectivity index (χ3n) is 0.657. The highest BCUT2D eigenvalue weighted by atomic mass is 19.4. The van der Waals surface area contributed by atoms with Crippen molar-refractivity contribution in [2.45, 2.75) is 6.18 Å². The van der Waals surface area contributed by atoms with Crippen molar-refractivity contribution in [3.05, 3.63) is 12.2 Å². The van der Waals surface area contributed by atoms with Gasteiger partial charge in [-0.2, -0.15) is 13.2 Å². The molecule has 62 valence electrons. The minimum absolute atomic E-state index is 0.0394. The van der Waals surface area contributed by atoms with Crippen LogP contribution in [-0.2, 0) is 9.59 Å². The highest BCUT2D eigenvalue weighted by Crippen LogP contribution is 2.15. The Hall–Kier alpha value is -1.33. The van der Waals surface area contributed by atoms with Crippen molar-refractivity contribution in [2.24, 2.45) is 0 Å². The average molecular weight is 168 g/mol. The van der Waals surface area contributed by atoms with Crippen LogP contribution < -0.4 is 0 Å². The van der Waals surface area contributed by atoms with Crippen LogP contribution in [0.15, 0.2) is 12.2 Å². The van der Waals surface area contributed by atoms with Crippen molar-refractivity contribution in [2.75, 3.05) is 0 Å². The molecule has 3 nitrogen and oxygen atoms in total. The van der Waals surface area contributed by atoms with Gasteiger partial charge in [-0.25, -0.2) is 4.79 Å². The molecule has 0 aliphatic carbocycles. The Morgan fingerprint density at radius 1 is 1.18 bits per heavy atom. The van der Waals surface area contributed by atoms with E-state index in [4.69, 9.17) is 5.11 Å². The molecule has 0 atom stereocenters. The summed E-state index contributed by atoms with van der Waals surface area (Å²) < 4.78 is 33.9. The first-order valence-corrected chi connectivity index (χ1v) is 2.36. The molecule has 0 aromatic heterocycles. The summed E-state index contributed by atoms with van der Waals surface area (Å²) in [6.07, 6.45) is -4.90. The highest BCUT2D eigenvalue weighted by Gasteiger charge is 2.36. The molecule has 0 fully saturated rings. The molecule has 11 heavy (non-hydrogen) atoms. The maximum absolute atomic E-state index is 11.3. The van der Waals surface area contributed by atoms with Crippen LogP contribution in [0.1, 0.15) is 0 Å². The van der Waals surface area contributed by atoms with Crippen LogP contribution in [0.4, 0.5) is 13.2 Å². The number of allylic oxidation sites excluding steroid dienone is 1. The molecule has 0 unspecified atom stereocenters. The van der Waals surface area contributed by atoms with Crippen molar-refractivity contribution in [3.8, 4) is 0 Å². The first kappa shape index (κ1) is 9.67. The first-order chi connectivity index (χ1) is 4.84. The van der Waals surface area contributed by atoms with Crippen molar-refractivity contribution in [1.82, 2.24) is 0 Å². The minimum atomic E-state index is -4.99. The Kier molecular flexibility index (Phi) is 2.79. The van der Waals surface area contributed by atoms with Crippen LogP contribution in [0.5, 0.6) is 0 Å². The predicted octanol–water partition coefficient (Wildman–Crippen LogP) is 0.759. The van der Waals surface area contributed by atoms with E-state index < -0.39 is 17.9 Å². The van der Waals surface area contributed by atoms with E-state index in [2.05, 4.69) is 0 Å².